The number of benzene rings is 1. The maximum Gasteiger partial charge on any atom is 0.0532 e. The van der Waals surface area contributed by atoms with Crippen LogP contribution < -0.4 is 5.32 Å². The Balaban J connectivity index is 2.64. The van der Waals surface area contributed by atoms with Gasteiger partial charge in [-0.1, -0.05) is 11.6 Å². The Morgan fingerprint density at radius 1 is 1.45 bits per heavy atom. The molecule has 1 aromatic carbocycles. The number of nitrogens with one attached hydrogen (secondary N) is 1. The van der Waals surface area contributed by atoms with Crippen molar-refractivity contribution in [2.24, 2.45) is 0 Å². The summed E-state index contributed by atoms with van der Waals surface area (Å²) in [4.78, 5) is 0. The number of halogens is 2. The van der Waals surface area contributed by atoms with Gasteiger partial charge in [0.25, 0.3) is 0 Å². The van der Waals surface area contributed by atoms with Gasteiger partial charge in [-0.05, 0) is 40.0 Å². The number of hydrogen-bond acceptors (Lipinski definition) is 1. The molecule has 0 radical (unpaired) electrons. The molecule has 0 unspecified atom stereocenters. The molecule has 1 aromatic rings. The third kappa shape index (κ3) is 1.14. The fourth-order valence-corrected chi connectivity index (χ4v) is 2.11. The maximum absolute atomic E-state index is 5.98. The fourth-order valence-electron chi connectivity index (χ4n) is 1.34. The third-order valence-electron chi connectivity index (χ3n) is 1.88. The van der Waals surface area contributed by atoms with E-state index in [1.807, 2.05) is 12.1 Å². The summed E-state index contributed by atoms with van der Waals surface area (Å²) in [5, 5.41) is 4.15. The zero-order valence-electron chi connectivity index (χ0n) is 5.82. The van der Waals surface area contributed by atoms with Gasteiger partial charge in [0, 0.05) is 16.0 Å². The lowest BCUT2D eigenvalue weighted by molar-refractivity contribution is 1.11. The van der Waals surface area contributed by atoms with Crippen LogP contribution in [0.2, 0.25) is 5.02 Å². The predicted molar refractivity (Wildman–Crippen MR) is 51.3 cm³/mol. The average molecular weight is 233 g/mol. The van der Waals surface area contributed by atoms with Crippen molar-refractivity contribution >= 4 is 33.2 Å². The highest BCUT2D eigenvalue weighted by Gasteiger charge is 2.15. The van der Waals surface area contributed by atoms with Gasteiger partial charge in [0.2, 0.25) is 0 Å². The monoisotopic (exact) mass is 231 g/mol. The summed E-state index contributed by atoms with van der Waals surface area (Å²) in [6, 6.07) is 3.90. The molecule has 0 bridgehead atoms. The summed E-state index contributed by atoms with van der Waals surface area (Å²) in [5.74, 6) is 0. The van der Waals surface area contributed by atoms with Gasteiger partial charge < -0.3 is 5.32 Å². The molecule has 0 spiro atoms. The van der Waals surface area contributed by atoms with Crippen LogP contribution in [0.3, 0.4) is 0 Å². The molecule has 1 nitrogen and oxygen atoms in total. The number of rotatable bonds is 0. The van der Waals surface area contributed by atoms with Crippen LogP contribution in [0.15, 0.2) is 16.6 Å². The first-order chi connectivity index (χ1) is 5.29. The molecule has 1 aliphatic heterocycles. The average Bonchev–Trinajstić information content (AvgIpc) is 2.45. The van der Waals surface area contributed by atoms with Crippen LogP contribution in [0.1, 0.15) is 5.56 Å². The van der Waals surface area contributed by atoms with Crippen molar-refractivity contribution in [3.63, 3.8) is 0 Å². The van der Waals surface area contributed by atoms with Gasteiger partial charge in [-0.3, -0.25) is 0 Å². The van der Waals surface area contributed by atoms with Crippen molar-refractivity contribution in [1.29, 1.82) is 0 Å². The third-order valence-corrected chi connectivity index (χ3v) is 2.90. The Morgan fingerprint density at radius 3 is 3.00 bits per heavy atom. The van der Waals surface area contributed by atoms with Crippen LogP contribution in [0.5, 0.6) is 0 Å². The number of fused-ring (bicyclic) bond motifs is 1. The van der Waals surface area contributed by atoms with E-state index in [0.29, 0.717) is 0 Å². The zero-order chi connectivity index (χ0) is 7.84. The standard InChI is InChI=1S/C8H7BrClN/c9-6-1-2-7(10)5-3-4-11-8(5)6/h1-2,11H,3-4H2. The summed E-state index contributed by atoms with van der Waals surface area (Å²) in [6.07, 6.45) is 1.04. The van der Waals surface area contributed by atoms with Crippen LogP contribution in [-0.2, 0) is 6.42 Å². The molecule has 1 heterocycles. The van der Waals surface area contributed by atoms with E-state index in [-0.39, 0.29) is 0 Å². The molecule has 1 N–H and O–H groups in total. The Kier molecular flexibility index (Phi) is 1.81. The molecule has 1 aliphatic rings. The van der Waals surface area contributed by atoms with Crippen molar-refractivity contribution in [3.05, 3.63) is 27.2 Å². The summed E-state index contributed by atoms with van der Waals surface area (Å²) in [5.41, 5.74) is 2.40. The van der Waals surface area contributed by atoms with Gasteiger partial charge in [0.15, 0.2) is 0 Å². The van der Waals surface area contributed by atoms with E-state index < -0.39 is 0 Å². The second-order valence-corrected chi connectivity index (χ2v) is 3.82. The first-order valence-corrected chi connectivity index (χ1v) is 4.67. The zero-order valence-corrected chi connectivity index (χ0v) is 8.17. The lowest BCUT2D eigenvalue weighted by atomic mass is 10.2. The molecule has 3 heteroatoms. The van der Waals surface area contributed by atoms with Gasteiger partial charge >= 0.3 is 0 Å². The maximum atomic E-state index is 5.98. The lowest BCUT2D eigenvalue weighted by Gasteiger charge is -2.03. The molecular formula is C8H7BrClN. The van der Waals surface area contributed by atoms with Crippen molar-refractivity contribution in [1.82, 2.24) is 0 Å². The second kappa shape index (κ2) is 2.68. The van der Waals surface area contributed by atoms with Gasteiger partial charge in [0.05, 0.1) is 5.69 Å². The molecular weight excluding hydrogens is 225 g/mol. The van der Waals surface area contributed by atoms with E-state index in [1.165, 1.54) is 5.56 Å². The van der Waals surface area contributed by atoms with Crippen LogP contribution >= 0.6 is 27.5 Å². The fraction of sp³-hybridized carbons (Fsp3) is 0.250. The molecule has 0 atom stereocenters. The van der Waals surface area contributed by atoms with Crippen LogP contribution in [0.25, 0.3) is 0 Å². The summed E-state index contributed by atoms with van der Waals surface area (Å²) in [6.45, 7) is 0.998. The van der Waals surface area contributed by atoms with Crippen molar-refractivity contribution in [2.75, 3.05) is 11.9 Å². The van der Waals surface area contributed by atoms with Gasteiger partial charge in [0.1, 0.15) is 0 Å². The van der Waals surface area contributed by atoms with Gasteiger partial charge in [-0.2, -0.15) is 0 Å². The van der Waals surface area contributed by atoms with Gasteiger partial charge in [-0.15, -0.1) is 0 Å². The molecule has 0 aliphatic carbocycles. The SMILES string of the molecule is Clc1ccc(Br)c2c1CCN2. The molecule has 0 aromatic heterocycles. The molecule has 0 amide bonds. The van der Waals surface area contributed by atoms with Crippen LogP contribution in [0.4, 0.5) is 5.69 Å². The smallest absolute Gasteiger partial charge is 0.0532 e. The topological polar surface area (TPSA) is 12.0 Å². The first-order valence-electron chi connectivity index (χ1n) is 3.50. The minimum Gasteiger partial charge on any atom is -0.384 e. The van der Waals surface area contributed by atoms with Crippen molar-refractivity contribution < 1.29 is 0 Å². The Hall–Kier alpha value is -0.210. The highest BCUT2D eigenvalue weighted by atomic mass is 79.9. The summed E-state index contributed by atoms with van der Waals surface area (Å²) in [7, 11) is 0. The van der Waals surface area contributed by atoms with E-state index >= 15 is 0 Å². The van der Waals surface area contributed by atoms with E-state index in [2.05, 4.69) is 21.2 Å². The molecule has 0 saturated heterocycles. The van der Waals surface area contributed by atoms with Gasteiger partial charge in [-0.25, -0.2) is 0 Å². The summed E-state index contributed by atoms with van der Waals surface area (Å²) >= 11 is 9.44. The minimum atomic E-state index is 0.869. The van der Waals surface area contributed by atoms with E-state index in [0.717, 1.165) is 28.1 Å². The number of anilines is 1. The van der Waals surface area contributed by atoms with Crippen LogP contribution in [-0.4, -0.2) is 6.54 Å². The molecule has 0 fully saturated rings. The Bertz CT molecular complexity index is 269. The van der Waals surface area contributed by atoms with Crippen molar-refractivity contribution in [3.8, 4) is 0 Å². The molecule has 58 valence electrons. The minimum absolute atomic E-state index is 0.869. The molecule has 11 heavy (non-hydrogen) atoms. The number of hydrogen-bond donors (Lipinski definition) is 1. The second-order valence-electron chi connectivity index (χ2n) is 2.56. The van der Waals surface area contributed by atoms with E-state index in [4.69, 9.17) is 11.6 Å². The normalized spacial score (nSPS) is 14.4. The molecule has 2 rings (SSSR count). The largest absolute Gasteiger partial charge is 0.384 e. The highest BCUT2D eigenvalue weighted by molar-refractivity contribution is 9.10. The van der Waals surface area contributed by atoms with Crippen molar-refractivity contribution in [2.45, 2.75) is 6.42 Å². The predicted octanol–water partition coefficient (Wildman–Crippen LogP) is 3.07. The van der Waals surface area contributed by atoms with Crippen LogP contribution in [0, 0.1) is 0 Å². The summed E-state index contributed by atoms with van der Waals surface area (Å²) < 4.78 is 1.11. The first kappa shape index (κ1) is 7.44. The quantitative estimate of drug-likeness (QED) is 0.725. The van der Waals surface area contributed by atoms with E-state index in [1.54, 1.807) is 0 Å². The molecule has 0 saturated carbocycles. The Labute approximate surface area is 78.9 Å². The Morgan fingerprint density at radius 2 is 2.27 bits per heavy atom. The lowest BCUT2D eigenvalue weighted by Crippen LogP contribution is -1.91. The highest BCUT2D eigenvalue weighted by Crippen LogP contribution is 2.35. The van der Waals surface area contributed by atoms with E-state index in [9.17, 15) is 0 Å².